The Labute approximate surface area is 139 Å². The first-order chi connectivity index (χ1) is 11.2. The van der Waals surface area contributed by atoms with Gasteiger partial charge in [-0.15, -0.1) is 10.2 Å². The quantitative estimate of drug-likeness (QED) is 0.847. The zero-order chi connectivity index (χ0) is 16.2. The van der Waals surface area contributed by atoms with E-state index in [4.69, 9.17) is 11.6 Å². The van der Waals surface area contributed by atoms with Crippen molar-refractivity contribution in [1.82, 2.24) is 29.5 Å². The number of nitrogens with zero attached hydrogens (tertiary/aromatic N) is 6. The van der Waals surface area contributed by atoms with Gasteiger partial charge in [-0.2, -0.15) is 0 Å². The molecule has 8 heteroatoms. The van der Waals surface area contributed by atoms with Gasteiger partial charge < -0.3 is 4.90 Å². The first-order valence-corrected chi connectivity index (χ1v) is 8.09. The molecule has 3 rings (SSSR count). The van der Waals surface area contributed by atoms with E-state index in [1.807, 2.05) is 4.90 Å². The van der Waals surface area contributed by atoms with Gasteiger partial charge in [0, 0.05) is 32.4 Å². The number of hydrogen-bond acceptors (Lipinski definition) is 5. The number of piperazine rings is 1. The summed E-state index contributed by atoms with van der Waals surface area (Å²) < 4.78 is 1.61. The van der Waals surface area contributed by atoms with Crippen LogP contribution in [-0.2, 0) is 0 Å². The van der Waals surface area contributed by atoms with E-state index in [0.29, 0.717) is 16.4 Å². The second kappa shape index (κ2) is 7.06. The third kappa shape index (κ3) is 3.51. The molecule has 122 valence electrons. The maximum atomic E-state index is 12.6. The third-order valence-corrected chi connectivity index (χ3v) is 4.21. The van der Waals surface area contributed by atoms with Crippen LogP contribution in [0.1, 0.15) is 23.7 Å². The van der Waals surface area contributed by atoms with Crippen molar-refractivity contribution in [3.8, 4) is 5.82 Å². The topological polar surface area (TPSA) is 67.2 Å². The van der Waals surface area contributed by atoms with Crippen LogP contribution in [0.3, 0.4) is 0 Å². The van der Waals surface area contributed by atoms with Gasteiger partial charge in [0.1, 0.15) is 12.7 Å². The minimum absolute atomic E-state index is 0.0224. The van der Waals surface area contributed by atoms with Gasteiger partial charge in [0.15, 0.2) is 5.82 Å². The lowest BCUT2D eigenvalue weighted by Crippen LogP contribution is -2.48. The molecule has 1 amide bonds. The summed E-state index contributed by atoms with van der Waals surface area (Å²) in [5.41, 5.74) is 0.510. The number of carbonyl (C=O) groups excluding carboxylic acids is 1. The van der Waals surface area contributed by atoms with Crippen molar-refractivity contribution in [2.45, 2.75) is 13.3 Å². The molecule has 0 N–H and O–H groups in total. The molecule has 2 aromatic heterocycles. The molecule has 0 aromatic carbocycles. The number of halogens is 1. The number of amides is 1. The fourth-order valence-corrected chi connectivity index (χ4v) is 2.99. The zero-order valence-corrected chi connectivity index (χ0v) is 13.8. The predicted molar refractivity (Wildman–Crippen MR) is 86.8 cm³/mol. The molecule has 1 saturated heterocycles. The second-order valence-electron chi connectivity index (χ2n) is 5.53. The second-order valence-corrected chi connectivity index (χ2v) is 5.94. The van der Waals surface area contributed by atoms with E-state index in [9.17, 15) is 4.79 Å². The Bertz CT molecular complexity index is 667. The van der Waals surface area contributed by atoms with Crippen molar-refractivity contribution >= 4 is 17.5 Å². The van der Waals surface area contributed by atoms with Crippen LogP contribution in [0.4, 0.5) is 0 Å². The first-order valence-electron chi connectivity index (χ1n) is 7.71. The normalized spacial score (nSPS) is 15.8. The van der Waals surface area contributed by atoms with Crippen molar-refractivity contribution < 1.29 is 4.79 Å². The van der Waals surface area contributed by atoms with Gasteiger partial charge in [-0.1, -0.05) is 18.5 Å². The fourth-order valence-electron chi connectivity index (χ4n) is 2.72. The van der Waals surface area contributed by atoms with E-state index < -0.39 is 0 Å². The molecule has 0 spiro atoms. The van der Waals surface area contributed by atoms with Crippen LogP contribution >= 0.6 is 11.6 Å². The van der Waals surface area contributed by atoms with E-state index in [-0.39, 0.29) is 5.91 Å². The maximum absolute atomic E-state index is 12.6. The van der Waals surface area contributed by atoms with Crippen LogP contribution in [0.2, 0.25) is 5.02 Å². The standard InChI is InChI=1S/C15H19ClN6O/c1-2-3-20-4-6-21(7-5-20)15(23)12-8-13(16)14(17-9-12)22-10-18-19-11-22/h8-11H,2-7H2,1H3. The summed E-state index contributed by atoms with van der Waals surface area (Å²) in [6.07, 6.45) is 5.73. The molecule has 0 aliphatic carbocycles. The molecule has 1 aliphatic heterocycles. The molecule has 0 bridgehead atoms. The number of hydrogen-bond donors (Lipinski definition) is 0. The van der Waals surface area contributed by atoms with E-state index >= 15 is 0 Å². The molecule has 0 unspecified atom stereocenters. The summed E-state index contributed by atoms with van der Waals surface area (Å²) in [4.78, 5) is 21.1. The van der Waals surface area contributed by atoms with Gasteiger partial charge in [-0.05, 0) is 19.0 Å². The third-order valence-electron chi connectivity index (χ3n) is 3.93. The average Bonchev–Trinajstić information content (AvgIpc) is 3.09. The maximum Gasteiger partial charge on any atom is 0.255 e. The molecule has 3 heterocycles. The lowest BCUT2D eigenvalue weighted by atomic mass is 10.2. The van der Waals surface area contributed by atoms with Gasteiger partial charge in [0.25, 0.3) is 5.91 Å². The predicted octanol–water partition coefficient (Wildman–Crippen LogP) is 1.48. The Balaban J connectivity index is 1.70. The molecule has 1 fully saturated rings. The van der Waals surface area contributed by atoms with Gasteiger partial charge >= 0.3 is 0 Å². The summed E-state index contributed by atoms with van der Waals surface area (Å²) in [5, 5.41) is 7.86. The van der Waals surface area contributed by atoms with Crippen LogP contribution in [0.5, 0.6) is 0 Å². The monoisotopic (exact) mass is 334 g/mol. The van der Waals surface area contributed by atoms with Crippen LogP contribution < -0.4 is 0 Å². The summed E-state index contributed by atoms with van der Waals surface area (Å²) in [5.74, 6) is 0.492. The number of pyridine rings is 1. The van der Waals surface area contributed by atoms with Crippen molar-refractivity contribution in [3.05, 3.63) is 35.5 Å². The van der Waals surface area contributed by atoms with E-state index in [2.05, 4.69) is 27.0 Å². The molecular formula is C15H19ClN6O. The zero-order valence-electron chi connectivity index (χ0n) is 13.0. The molecule has 7 nitrogen and oxygen atoms in total. The van der Waals surface area contributed by atoms with Crippen LogP contribution in [0.15, 0.2) is 24.9 Å². The highest BCUT2D eigenvalue weighted by Crippen LogP contribution is 2.20. The van der Waals surface area contributed by atoms with Crippen LogP contribution in [0.25, 0.3) is 5.82 Å². The Morgan fingerprint density at radius 3 is 2.52 bits per heavy atom. The lowest BCUT2D eigenvalue weighted by Gasteiger charge is -2.34. The minimum atomic E-state index is -0.0224. The first kappa shape index (κ1) is 15.9. The van der Waals surface area contributed by atoms with Crippen LogP contribution in [0, 0.1) is 0 Å². The summed E-state index contributed by atoms with van der Waals surface area (Å²) >= 11 is 6.25. The highest BCUT2D eigenvalue weighted by Gasteiger charge is 2.22. The molecule has 2 aromatic rings. The van der Waals surface area contributed by atoms with Gasteiger partial charge in [0.2, 0.25) is 0 Å². The highest BCUT2D eigenvalue weighted by atomic mass is 35.5. The Morgan fingerprint density at radius 2 is 1.91 bits per heavy atom. The largest absolute Gasteiger partial charge is 0.336 e. The van der Waals surface area contributed by atoms with Gasteiger partial charge in [-0.3, -0.25) is 14.3 Å². The van der Waals surface area contributed by atoms with Crippen molar-refractivity contribution in [3.63, 3.8) is 0 Å². The molecule has 1 aliphatic rings. The highest BCUT2D eigenvalue weighted by molar-refractivity contribution is 6.32. The molecular weight excluding hydrogens is 316 g/mol. The average molecular weight is 335 g/mol. The van der Waals surface area contributed by atoms with Gasteiger partial charge in [0.05, 0.1) is 10.6 Å². The molecule has 0 saturated carbocycles. The Hall–Kier alpha value is -1.99. The molecule has 0 radical (unpaired) electrons. The van der Waals surface area contributed by atoms with E-state index in [1.54, 1.807) is 16.8 Å². The summed E-state index contributed by atoms with van der Waals surface area (Å²) in [6, 6.07) is 1.66. The van der Waals surface area contributed by atoms with Crippen molar-refractivity contribution in [1.29, 1.82) is 0 Å². The lowest BCUT2D eigenvalue weighted by molar-refractivity contribution is 0.0637. The number of carbonyl (C=O) groups is 1. The molecule has 0 atom stereocenters. The molecule has 23 heavy (non-hydrogen) atoms. The van der Waals surface area contributed by atoms with E-state index in [1.165, 1.54) is 12.7 Å². The van der Waals surface area contributed by atoms with Gasteiger partial charge in [-0.25, -0.2) is 4.98 Å². The number of rotatable bonds is 4. The van der Waals surface area contributed by atoms with Crippen molar-refractivity contribution in [2.75, 3.05) is 32.7 Å². The van der Waals surface area contributed by atoms with E-state index in [0.717, 1.165) is 39.1 Å². The van der Waals surface area contributed by atoms with Crippen molar-refractivity contribution in [2.24, 2.45) is 0 Å². The SMILES string of the molecule is CCCN1CCN(C(=O)c2cnc(-n3cnnc3)c(Cl)c2)CC1. The van der Waals surface area contributed by atoms with Crippen LogP contribution in [-0.4, -0.2) is 68.2 Å². The Morgan fingerprint density at radius 1 is 1.22 bits per heavy atom. The number of aromatic nitrogens is 4. The summed E-state index contributed by atoms with van der Waals surface area (Å²) in [7, 11) is 0. The Kier molecular flexibility index (Phi) is 4.88. The summed E-state index contributed by atoms with van der Waals surface area (Å²) in [6.45, 7) is 6.57. The smallest absolute Gasteiger partial charge is 0.255 e. The minimum Gasteiger partial charge on any atom is -0.336 e. The fraction of sp³-hybridized carbons (Fsp3) is 0.467.